The van der Waals surface area contributed by atoms with Crippen LogP contribution in [0.2, 0.25) is 10.0 Å². The van der Waals surface area contributed by atoms with Gasteiger partial charge in [-0.2, -0.15) is 0 Å². The van der Waals surface area contributed by atoms with Gasteiger partial charge in [-0.1, -0.05) is 30.1 Å². The van der Waals surface area contributed by atoms with E-state index in [1.54, 1.807) is 0 Å². The van der Waals surface area contributed by atoms with Gasteiger partial charge in [-0.15, -0.1) is 0 Å². The molecule has 18 heavy (non-hydrogen) atoms. The van der Waals surface area contributed by atoms with Crippen LogP contribution in [0.25, 0.3) is 10.9 Å². The van der Waals surface area contributed by atoms with E-state index in [0.29, 0.717) is 10.0 Å². The van der Waals surface area contributed by atoms with E-state index in [1.807, 2.05) is 6.07 Å². The van der Waals surface area contributed by atoms with Crippen LogP contribution < -0.4 is 5.32 Å². The Morgan fingerprint density at radius 3 is 2.56 bits per heavy atom. The van der Waals surface area contributed by atoms with Gasteiger partial charge in [-0.3, -0.25) is 4.98 Å². The van der Waals surface area contributed by atoms with Crippen LogP contribution in [0.3, 0.4) is 0 Å². The van der Waals surface area contributed by atoms with E-state index in [-0.39, 0.29) is 0 Å². The maximum Gasteiger partial charge on any atom is 0.0928 e. The molecule has 2 aromatic rings. The van der Waals surface area contributed by atoms with Crippen LogP contribution in [-0.4, -0.2) is 11.5 Å². The molecule has 0 aliphatic carbocycles. The number of nitrogens with one attached hydrogen (secondary N) is 1. The van der Waals surface area contributed by atoms with E-state index in [2.05, 4.69) is 46.1 Å². The van der Waals surface area contributed by atoms with Crippen LogP contribution in [0.4, 0.5) is 5.69 Å². The van der Waals surface area contributed by atoms with Crippen LogP contribution in [0.1, 0.15) is 19.5 Å². The molecule has 1 heterocycles. The van der Waals surface area contributed by atoms with Crippen molar-refractivity contribution in [2.75, 3.05) is 11.9 Å². The van der Waals surface area contributed by atoms with E-state index in [4.69, 9.17) is 23.2 Å². The number of rotatable bonds is 3. The van der Waals surface area contributed by atoms with Crippen molar-refractivity contribution in [3.05, 3.63) is 32.3 Å². The first-order valence-corrected chi connectivity index (χ1v) is 7.34. The highest BCUT2D eigenvalue weighted by Gasteiger charge is 2.13. The second kappa shape index (κ2) is 5.64. The predicted octanol–water partition coefficient (Wildman–Crippen LogP) is 5.30. The van der Waals surface area contributed by atoms with Crippen LogP contribution in [0, 0.1) is 0 Å². The molecule has 0 saturated heterocycles. The van der Waals surface area contributed by atoms with Gasteiger partial charge in [0.25, 0.3) is 0 Å². The van der Waals surface area contributed by atoms with Crippen LogP contribution >= 0.6 is 39.1 Å². The molecule has 0 radical (unpaired) electrons. The minimum atomic E-state index is 0.496. The molecule has 0 aliphatic heterocycles. The second-order valence-corrected chi connectivity index (χ2v) is 5.54. The third-order valence-corrected chi connectivity index (χ3v) is 4.43. The van der Waals surface area contributed by atoms with Crippen molar-refractivity contribution in [3.8, 4) is 0 Å². The molecule has 5 heteroatoms. The number of hydrogen-bond acceptors (Lipinski definition) is 2. The zero-order valence-corrected chi connectivity index (χ0v) is 13.2. The van der Waals surface area contributed by atoms with E-state index < -0.39 is 0 Å². The number of pyridine rings is 1. The second-order valence-electron chi connectivity index (χ2n) is 3.93. The van der Waals surface area contributed by atoms with Gasteiger partial charge in [0.1, 0.15) is 0 Å². The molecule has 96 valence electrons. The average Bonchev–Trinajstić information content (AvgIpc) is 2.37. The molecule has 0 fully saturated rings. The summed E-state index contributed by atoms with van der Waals surface area (Å²) in [6.45, 7) is 4.98. The fraction of sp³-hybridized carbons (Fsp3) is 0.308. The number of nitrogens with zero attached hydrogens (tertiary/aromatic N) is 1. The summed E-state index contributed by atoms with van der Waals surface area (Å²) >= 11 is 15.8. The molecule has 0 spiro atoms. The van der Waals surface area contributed by atoms with Crippen molar-refractivity contribution in [2.24, 2.45) is 0 Å². The number of hydrogen-bond donors (Lipinski definition) is 1. The first kappa shape index (κ1) is 13.9. The Kier molecular flexibility index (Phi) is 4.36. The highest BCUT2D eigenvalue weighted by molar-refractivity contribution is 9.10. The maximum atomic E-state index is 6.28. The van der Waals surface area contributed by atoms with Crippen molar-refractivity contribution in [1.29, 1.82) is 0 Å². The lowest BCUT2D eigenvalue weighted by molar-refractivity contribution is 1.05. The Hall–Kier alpha value is -0.510. The fourth-order valence-electron chi connectivity index (χ4n) is 1.84. The molecule has 0 unspecified atom stereocenters. The summed E-state index contributed by atoms with van der Waals surface area (Å²) in [5, 5.41) is 5.32. The molecular formula is C13H13BrCl2N2. The van der Waals surface area contributed by atoms with E-state index >= 15 is 0 Å². The standard InChI is InChI=1S/C13H13BrCl2N2/c1-3-7-5-10(17-4-2)8-6-9(14)11(15)12(16)13(8)18-7/h5-6H,3-4H2,1-2H3,(H,17,18). The number of anilines is 1. The molecule has 0 saturated carbocycles. The summed E-state index contributed by atoms with van der Waals surface area (Å²) in [5.41, 5.74) is 2.79. The molecule has 0 amide bonds. The Morgan fingerprint density at radius 2 is 1.94 bits per heavy atom. The lowest BCUT2D eigenvalue weighted by atomic mass is 10.1. The SMILES string of the molecule is CCNc1cc(CC)nc2c(Cl)c(Cl)c(Br)cc12. The van der Waals surface area contributed by atoms with E-state index in [0.717, 1.165) is 39.7 Å². The number of aromatic nitrogens is 1. The molecule has 0 bridgehead atoms. The normalized spacial score (nSPS) is 10.9. The van der Waals surface area contributed by atoms with E-state index in [1.165, 1.54) is 0 Å². The Morgan fingerprint density at radius 1 is 1.22 bits per heavy atom. The van der Waals surface area contributed by atoms with Gasteiger partial charge in [0.15, 0.2) is 0 Å². The number of fused-ring (bicyclic) bond motifs is 1. The average molecular weight is 348 g/mol. The zero-order chi connectivity index (χ0) is 13.3. The van der Waals surface area contributed by atoms with Crippen molar-refractivity contribution < 1.29 is 0 Å². The molecule has 2 rings (SSSR count). The third-order valence-electron chi connectivity index (χ3n) is 2.72. The van der Waals surface area contributed by atoms with Gasteiger partial charge < -0.3 is 5.32 Å². The van der Waals surface area contributed by atoms with Gasteiger partial charge >= 0.3 is 0 Å². The summed E-state index contributed by atoms with van der Waals surface area (Å²) in [5.74, 6) is 0. The first-order valence-electron chi connectivity index (χ1n) is 5.79. The third kappa shape index (κ3) is 2.44. The Bertz CT molecular complexity index is 599. The number of benzene rings is 1. The van der Waals surface area contributed by atoms with Crippen LogP contribution in [0.5, 0.6) is 0 Å². The van der Waals surface area contributed by atoms with Crippen LogP contribution in [-0.2, 0) is 6.42 Å². The Labute approximate surface area is 125 Å². The van der Waals surface area contributed by atoms with Crippen molar-refractivity contribution in [3.63, 3.8) is 0 Å². The molecule has 1 N–H and O–H groups in total. The topological polar surface area (TPSA) is 24.9 Å². The molecule has 0 aliphatic rings. The maximum absolute atomic E-state index is 6.28. The van der Waals surface area contributed by atoms with Gasteiger partial charge in [0, 0.05) is 27.8 Å². The summed E-state index contributed by atoms with van der Waals surface area (Å²) in [4.78, 5) is 4.56. The van der Waals surface area contributed by atoms with Crippen molar-refractivity contribution >= 4 is 55.7 Å². The number of halogens is 3. The monoisotopic (exact) mass is 346 g/mol. The van der Waals surface area contributed by atoms with Gasteiger partial charge in [0.2, 0.25) is 0 Å². The molecule has 1 aromatic heterocycles. The minimum absolute atomic E-state index is 0.496. The van der Waals surface area contributed by atoms with Crippen molar-refractivity contribution in [1.82, 2.24) is 4.98 Å². The smallest absolute Gasteiger partial charge is 0.0928 e. The molecular weight excluding hydrogens is 335 g/mol. The highest BCUT2D eigenvalue weighted by Crippen LogP contribution is 2.38. The van der Waals surface area contributed by atoms with Crippen molar-refractivity contribution in [2.45, 2.75) is 20.3 Å². The van der Waals surface area contributed by atoms with Crippen LogP contribution in [0.15, 0.2) is 16.6 Å². The van der Waals surface area contributed by atoms with Gasteiger partial charge in [0.05, 0.1) is 15.6 Å². The lowest BCUT2D eigenvalue weighted by Crippen LogP contribution is -2.01. The number of aryl methyl sites for hydroxylation is 1. The predicted molar refractivity (Wildman–Crippen MR) is 83.0 cm³/mol. The zero-order valence-electron chi connectivity index (χ0n) is 10.2. The first-order chi connectivity index (χ1) is 8.58. The summed E-state index contributed by atoms with van der Waals surface area (Å²) < 4.78 is 0.784. The summed E-state index contributed by atoms with van der Waals surface area (Å²) in [7, 11) is 0. The fourth-order valence-corrected chi connectivity index (χ4v) is 2.77. The lowest BCUT2D eigenvalue weighted by Gasteiger charge is -2.12. The summed E-state index contributed by atoms with van der Waals surface area (Å²) in [6.07, 6.45) is 0.859. The molecule has 0 atom stereocenters. The van der Waals surface area contributed by atoms with E-state index in [9.17, 15) is 0 Å². The van der Waals surface area contributed by atoms with Gasteiger partial charge in [-0.05, 0) is 41.4 Å². The quantitative estimate of drug-likeness (QED) is 0.762. The minimum Gasteiger partial charge on any atom is -0.385 e. The molecule has 1 aromatic carbocycles. The molecule has 2 nitrogen and oxygen atoms in total. The largest absolute Gasteiger partial charge is 0.385 e. The Balaban J connectivity index is 2.82. The highest BCUT2D eigenvalue weighted by atomic mass is 79.9. The van der Waals surface area contributed by atoms with Gasteiger partial charge in [-0.25, -0.2) is 0 Å². The summed E-state index contributed by atoms with van der Waals surface area (Å²) in [6, 6.07) is 4.01.